The van der Waals surface area contributed by atoms with Crippen LogP contribution in [0.5, 0.6) is 0 Å². The molecule has 6 heteroatoms. The van der Waals surface area contributed by atoms with Crippen LogP contribution in [-0.2, 0) is 0 Å². The molecule has 0 saturated carbocycles. The highest BCUT2D eigenvalue weighted by Gasteiger charge is 2.34. The monoisotopic (exact) mass is 326 g/mol. The molecular weight excluding hydrogens is 304 g/mol. The summed E-state index contributed by atoms with van der Waals surface area (Å²) < 4.78 is 5.03. The van der Waals surface area contributed by atoms with Crippen LogP contribution in [0.3, 0.4) is 0 Å². The molecule has 1 atom stereocenters. The molecule has 0 N–H and O–H groups in total. The Morgan fingerprint density at radius 2 is 1.83 bits per heavy atom. The molecule has 4 rings (SSSR count). The minimum atomic E-state index is 0.0985. The molecule has 2 aliphatic heterocycles. The van der Waals surface area contributed by atoms with Gasteiger partial charge in [-0.15, -0.1) is 0 Å². The summed E-state index contributed by atoms with van der Waals surface area (Å²) in [5.41, 5.74) is 0.659. The van der Waals surface area contributed by atoms with Crippen LogP contribution in [0.2, 0.25) is 0 Å². The van der Waals surface area contributed by atoms with E-state index in [4.69, 9.17) is 4.42 Å². The van der Waals surface area contributed by atoms with Crippen molar-refractivity contribution in [3.63, 3.8) is 0 Å². The van der Waals surface area contributed by atoms with Crippen molar-refractivity contribution in [1.82, 2.24) is 14.9 Å². The quantitative estimate of drug-likeness (QED) is 0.867. The van der Waals surface area contributed by atoms with E-state index < -0.39 is 0 Å². The molecule has 2 aromatic rings. The van der Waals surface area contributed by atoms with Crippen LogP contribution in [-0.4, -0.2) is 47.0 Å². The lowest BCUT2D eigenvalue weighted by atomic mass is 9.84. The SMILES string of the molecule is O=C(c1ccoc1)N1CCC(C2CCN(c3ncccn3)CC2)C1. The molecule has 0 spiro atoms. The summed E-state index contributed by atoms with van der Waals surface area (Å²) in [6, 6.07) is 3.59. The van der Waals surface area contributed by atoms with Gasteiger partial charge in [0.15, 0.2) is 0 Å². The van der Waals surface area contributed by atoms with Crippen molar-refractivity contribution in [2.75, 3.05) is 31.1 Å². The van der Waals surface area contributed by atoms with Gasteiger partial charge >= 0.3 is 0 Å². The summed E-state index contributed by atoms with van der Waals surface area (Å²) in [4.78, 5) is 25.3. The Balaban J connectivity index is 1.31. The molecule has 6 nitrogen and oxygen atoms in total. The molecular formula is C18H22N4O2. The molecule has 0 aromatic carbocycles. The Labute approximate surface area is 141 Å². The van der Waals surface area contributed by atoms with E-state index >= 15 is 0 Å². The molecule has 1 unspecified atom stereocenters. The number of carbonyl (C=O) groups is 1. The number of aromatic nitrogens is 2. The maximum Gasteiger partial charge on any atom is 0.257 e. The van der Waals surface area contributed by atoms with E-state index in [-0.39, 0.29) is 5.91 Å². The first-order chi connectivity index (χ1) is 11.8. The summed E-state index contributed by atoms with van der Waals surface area (Å²) in [7, 11) is 0. The fourth-order valence-corrected chi connectivity index (χ4v) is 3.95. The second-order valence-corrected chi connectivity index (χ2v) is 6.69. The number of amides is 1. The van der Waals surface area contributed by atoms with Crippen LogP contribution in [0.25, 0.3) is 0 Å². The van der Waals surface area contributed by atoms with Crippen molar-refractivity contribution in [2.24, 2.45) is 11.8 Å². The average Bonchev–Trinajstić information content (AvgIpc) is 3.34. The smallest absolute Gasteiger partial charge is 0.257 e. The summed E-state index contributed by atoms with van der Waals surface area (Å²) >= 11 is 0. The minimum Gasteiger partial charge on any atom is -0.472 e. The van der Waals surface area contributed by atoms with Gasteiger partial charge in [0.05, 0.1) is 11.8 Å². The van der Waals surface area contributed by atoms with Gasteiger partial charge in [0.2, 0.25) is 5.95 Å². The Kier molecular flexibility index (Phi) is 4.19. The molecule has 2 saturated heterocycles. The number of rotatable bonds is 3. The molecule has 2 fully saturated rings. The topological polar surface area (TPSA) is 62.5 Å². The van der Waals surface area contributed by atoms with Gasteiger partial charge in [-0.1, -0.05) is 0 Å². The molecule has 2 aliphatic rings. The van der Waals surface area contributed by atoms with Crippen LogP contribution in [0.15, 0.2) is 41.5 Å². The first-order valence-electron chi connectivity index (χ1n) is 8.64. The number of furan rings is 1. The van der Waals surface area contributed by atoms with Gasteiger partial charge < -0.3 is 14.2 Å². The van der Waals surface area contributed by atoms with Gasteiger partial charge in [0.1, 0.15) is 6.26 Å². The zero-order valence-corrected chi connectivity index (χ0v) is 13.7. The molecule has 0 bridgehead atoms. The van der Waals surface area contributed by atoms with Crippen LogP contribution in [0.1, 0.15) is 29.6 Å². The van der Waals surface area contributed by atoms with E-state index in [1.165, 1.54) is 6.26 Å². The lowest BCUT2D eigenvalue weighted by Crippen LogP contribution is -2.38. The van der Waals surface area contributed by atoms with E-state index in [1.807, 2.05) is 11.0 Å². The molecule has 24 heavy (non-hydrogen) atoms. The summed E-state index contributed by atoms with van der Waals surface area (Å²) in [6.45, 7) is 3.73. The Morgan fingerprint density at radius 1 is 1.08 bits per heavy atom. The van der Waals surface area contributed by atoms with Crippen LogP contribution in [0, 0.1) is 11.8 Å². The fourth-order valence-electron chi connectivity index (χ4n) is 3.95. The fraction of sp³-hybridized carbons (Fsp3) is 0.500. The van der Waals surface area contributed by atoms with Crippen molar-refractivity contribution in [3.05, 3.63) is 42.6 Å². The minimum absolute atomic E-state index is 0.0985. The number of nitrogens with zero attached hydrogens (tertiary/aromatic N) is 4. The van der Waals surface area contributed by atoms with Crippen molar-refractivity contribution >= 4 is 11.9 Å². The van der Waals surface area contributed by atoms with E-state index in [9.17, 15) is 4.79 Å². The third-order valence-corrected chi connectivity index (χ3v) is 5.32. The number of carbonyl (C=O) groups excluding carboxylic acids is 1. The summed E-state index contributed by atoms with van der Waals surface area (Å²) in [5.74, 6) is 2.23. The van der Waals surface area contributed by atoms with Gasteiger partial charge in [-0.2, -0.15) is 0 Å². The molecule has 1 amide bonds. The molecule has 126 valence electrons. The van der Waals surface area contributed by atoms with Crippen LogP contribution < -0.4 is 4.90 Å². The molecule has 0 aliphatic carbocycles. The normalized spacial score (nSPS) is 22.1. The van der Waals surface area contributed by atoms with Gasteiger partial charge in [-0.05, 0) is 43.2 Å². The molecule has 4 heterocycles. The molecule has 0 radical (unpaired) electrons. The second kappa shape index (κ2) is 6.63. The first kappa shape index (κ1) is 15.2. The predicted octanol–water partition coefficient (Wildman–Crippen LogP) is 2.45. The number of hydrogen-bond acceptors (Lipinski definition) is 5. The maximum absolute atomic E-state index is 12.4. The zero-order valence-electron chi connectivity index (χ0n) is 13.7. The number of likely N-dealkylation sites (tertiary alicyclic amines) is 1. The third kappa shape index (κ3) is 3.00. The van der Waals surface area contributed by atoms with Crippen LogP contribution >= 0.6 is 0 Å². The molecule has 2 aromatic heterocycles. The highest BCUT2D eigenvalue weighted by atomic mass is 16.3. The predicted molar refractivity (Wildman–Crippen MR) is 89.7 cm³/mol. The van der Waals surface area contributed by atoms with E-state index in [0.29, 0.717) is 17.4 Å². The van der Waals surface area contributed by atoms with Gasteiger partial charge in [0, 0.05) is 38.6 Å². The third-order valence-electron chi connectivity index (χ3n) is 5.32. The van der Waals surface area contributed by atoms with Crippen molar-refractivity contribution < 1.29 is 9.21 Å². The Hall–Kier alpha value is -2.37. The van der Waals surface area contributed by atoms with Crippen molar-refractivity contribution in [3.8, 4) is 0 Å². The average molecular weight is 326 g/mol. The second-order valence-electron chi connectivity index (χ2n) is 6.69. The lowest BCUT2D eigenvalue weighted by Gasteiger charge is -2.34. The Bertz CT molecular complexity index is 666. The van der Waals surface area contributed by atoms with Gasteiger partial charge in [-0.3, -0.25) is 4.79 Å². The van der Waals surface area contributed by atoms with Crippen molar-refractivity contribution in [2.45, 2.75) is 19.3 Å². The number of piperidine rings is 1. The highest BCUT2D eigenvalue weighted by Crippen LogP contribution is 2.33. The standard InChI is InChI=1S/C18H22N4O2/c23-17(16-5-11-24-13-16)22-10-4-15(12-22)14-2-8-21(9-3-14)18-19-6-1-7-20-18/h1,5-7,11,13-15H,2-4,8-10,12H2. The first-order valence-corrected chi connectivity index (χ1v) is 8.64. The summed E-state index contributed by atoms with van der Waals surface area (Å²) in [5, 5.41) is 0. The lowest BCUT2D eigenvalue weighted by molar-refractivity contribution is 0.0780. The zero-order chi connectivity index (χ0) is 16.4. The van der Waals surface area contributed by atoms with E-state index in [2.05, 4.69) is 14.9 Å². The number of hydrogen-bond donors (Lipinski definition) is 0. The van der Waals surface area contributed by atoms with Crippen LogP contribution in [0.4, 0.5) is 5.95 Å². The maximum atomic E-state index is 12.4. The Morgan fingerprint density at radius 3 is 2.54 bits per heavy atom. The van der Waals surface area contributed by atoms with E-state index in [0.717, 1.165) is 51.4 Å². The van der Waals surface area contributed by atoms with Crippen molar-refractivity contribution in [1.29, 1.82) is 0 Å². The van der Waals surface area contributed by atoms with Gasteiger partial charge in [-0.25, -0.2) is 9.97 Å². The highest BCUT2D eigenvalue weighted by molar-refractivity contribution is 5.94. The summed E-state index contributed by atoms with van der Waals surface area (Å²) in [6.07, 6.45) is 10.1. The van der Waals surface area contributed by atoms with Gasteiger partial charge in [0.25, 0.3) is 5.91 Å². The van der Waals surface area contributed by atoms with E-state index in [1.54, 1.807) is 24.7 Å². The number of anilines is 1. The largest absolute Gasteiger partial charge is 0.472 e.